The summed E-state index contributed by atoms with van der Waals surface area (Å²) >= 11 is 0. The van der Waals surface area contributed by atoms with Crippen LogP contribution in [0.2, 0.25) is 0 Å². The van der Waals surface area contributed by atoms with E-state index in [1.807, 2.05) is 48.5 Å². The Bertz CT molecular complexity index is 2470. The first kappa shape index (κ1) is 29.2. The summed E-state index contributed by atoms with van der Waals surface area (Å²) < 4.78 is 2.45. The van der Waals surface area contributed by atoms with Crippen molar-refractivity contribution in [2.24, 2.45) is 0 Å². The zero-order valence-corrected chi connectivity index (χ0v) is 28.0. The number of hydrogen-bond donors (Lipinski definition) is 0. The van der Waals surface area contributed by atoms with Crippen molar-refractivity contribution in [3.8, 4) is 51.1 Å². The number of benzene rings is 5. The molecule has 0 fully saturated rings. The van der Waals surface area contributed by atoms with Gasteiger partial charge in [-0.1, -0.05) is 119 Å². The third-order valence-electron chi connectivity index (χ3n) is 10.9. The van der Waals surface area contributed by atoms with Crippen LogP contribution in [0.3, 0.4) is 0 Å². The van der Waals surface area contributed by atoms with Crippen LogP contribution in [0.5, 0.6) is 0 Å². The minimum Gasteiger partial charge on any atom is -0.309 e. The van der Waals surface area contributed by atoms with Crippen molar-refractivity contribution in [3.05, 3.63) is 151 Å². The van der Waals surface area contributed by atoms with Crippen molar-refractivity contribution in [1.29, 1.82) is 0 Å². The van der Waals surface area contributed by atoms with Crippen LogP contribution in [-0.4, -0.2) is 24.5 Å². The zero-order valence-electron chi connectivity index (χ0n) is 28.0. The van der Waals surface area contributed by atoms with E-state index in [1.165, 1.54) is 44.1 Å². The van der Waals surface area contributed by atoms with Gasteiger partial charge in [-0.15, -0.1) is 0 Å². The van der Waals surface area contributed by atoms with Gasteiger partial charge in [-0.3, -0.25) is 4.98 Å². The molecule has 3 heterocycles. The van der Waals surface area contributed by atoms with Crippen LogP contribution >= 0.6 is 0 Å². The fourth-order valence-electron chi connectivity index (χ4n) is 7.63. The second-order valence-corrected chi connectivity index (χ2v) is 14.0. The smallest absolute Gasteiger partial charge is 0.182 e. The summed E-state index contributed by atoms with van der Waals surface area (Å²) in [4.78, 5) is 19.2. The van der Waals surface area contributed by atoms with Gasteiger partial charge < -0.3 is 4.57 Å². The summed E-state index contributed by atoms with van der Waals surface area (Å²) in [6.07, 6.45) is 1.76. The maximum Gasteiger partial charge on any atom is 0.182 e. The maximum absolute atomic E-state index is 4.95. The summed E-state index contributed by atoms with van der Waals surface area (Å²) in [6.45, 7) is 9.56. The molecule has 9 rings (SSSR count). The van der Waals surface area contributed by atoms with E-state index in [4.69, 9.17) is 15.0 Å². The van der Waals surface area contributed by atoms with Crippen molar-refractivity contribution in [3.63, 3.8) is 0 Å². The van der Waals surface area contributed by atoms with Crippen LogP contribution in [0.15, 0.2) is 140 Å². The molecular formula is C44H35N5. The third kappa shape index (κ3) is 4.39. The second kappa shape index (κ2) is 10.8. The zero-order chi connectivity index (χ0) is 33.3. The molecule has 49 heavy (non-hydrogen) atoms. The average molecular weight is 634 g/mol. The Morgan fingerprint density at radius 1 is 0.490 bits per heavy atom. The normalized spacial score (nSPS) is 14.4. The first-order valence-corrected chi connectivity index (χ1v) is 16.8. The van der Waals surface area contributed by atoms with E-state index >= 15 is 0 Å². The maximum atomic E-state index is 4.95. The van der Waals surface area contributed by atoms with Crippen LogP contribution in [0.1, 0.15) is 38.8 Å². The average Bonchev–Trinajstić information content (AvgIpc) is 3.49. The van der Waals surface area contributed by atoms with Crippen molar-refractivity contribution < 1.29 is 0 Å². The van der Waals surface area contributed by atoms with Gasteiger partial charge in [-0.2, -0.15) is 0 Å². The Morgan fingerprint density at radius 3 is 1.88 bits per heavy atom. The topological polar surface area (TPSA) is 56.5 Å². The molecule has 5 aromatic carbocycles. The highest BCUT2D eigenvalue weighted by Gasteiger charge is 2.46. The number of aromatic nitrogens is 5. The lowest BCUT2D eigenvalue weighted by Crippen LogP contribution is -2.43. The fourth-order valence-corrected chi connectivity index (χ4v) is 7.63. The van der Waals surface area contributed by atoms with E-state index < -0.39 is 0 Å². The lowest BCUT2D eigenvalue weighted by Gasteiger charge is -2.48. The van der Waals surface area contributed by atoms with Gasteiger partial charge in [0.15, 0.2) is 17.5 Å². The largest absolute Gasteiger partial charge is 0.309 e. The highest BCUT2D eigenvalue weighted by atomic mass is 15.0. The number of rotatable bonds is 4. The molecule has 3 aromatic heterocycles. The molecule has 5 heteroatoms. The second-order valence-electron chi connectivity index (χ2n) is 14.0. The first-order chi connectivity index (χ1) is 23.8. The summed E-state index contributed by atoms with van der Waals surface area (Å²) in [5, 5.41) is 2.50. The molecule has 1 aliphatic rings. The summed E-state index contributed by atoms with van der Waals surface area (Å²) in [7, 11) is 0. The molecule has 0 aliphatic heterocycles. The van der Waals surface area contributed by atoms with Gasteiger partial charge >= 0.3 is 0 Å². The number of fused-ring (bicyclic) bond motifs is 7. The van der Waals surface area contributed by atoms with Crippen molar-refractivity contribution in [2.45, 2.75) is 38.5 Å². The SMILES string of the molecule is CC1(C)c2ccccc2-c2c(ccc3c4ccccc4n(-c4ccc(-c5nc(-c6ccccc6)nc(-c6ccccn6)n5)cc4)c23)C1(C)C. The predicted octanol–water partition coefficient (Wildman–Crippen LogP) is 10.6. The molecule has 0 atom stereocenters. The van der Waals surface area contributed by atoms with Crippen molar-refractivity contribution in [2.75, 3.05) is 0 Å². The highest BCUT2D eigenvalue weighted by molar-refractivity contribution is 6.15. The third-order valence-corrected chi connectivity index (χ3v) is 10.9. The molecule has 0 unspecified atom stereocenters. The lowest BCUT2D eigenvalue weighted by molar-refractivity contribution is 0.299. The van der Waals surface area contributed by atoms with Crippen LogP contribution in [0, 0.1) is 0 Å². The lowest BCUT2D eigenvalue weighted by atomic mass is 9.55. The van der Waals surface area contributed by atoms with Crippen molar-refractivity contribution >= 4 is 21.8 Å². The quantitative estimate of drug-likeness (QED) is 0.193. The molecule has 1 aliphatic carbocycles. The monoisotopic (exact) mass is 633 g/mol. The molecule has 0 saturated carbocycles. The Balaban J connectivity index is 1.26. The van der Waals surface area contributed by atoms with Crippen LogP contribution in [0.25, 0.3) is 72.9 Å². The number of pyridine rings is 1. The Morgan fingerprint density at radius 2 is 1.12 bits per heavy atom. The minimum absolute atomic E-state index is 0.0416. The predicted molar refractivity (Wildman–Crippen MR) is 200 cm³/mol. The van der Waals surface area contributed by atoms with Gasteiger partial charge in [-0.25, -0.2) is 15.0 Å². The number of para-hydroxylation sites is 1. The van der Waals surface area contributed by atoms with Crippen LogP contribution in [-0.2, 0) is 10.8 Å². The molecule has 0 saturated heterocycles. The van der Waals surface area contributed by atoms with E-state index in [2.05, 4.69) is 122 Å². The van der Waals surface area contributed by atoms with Gasteiger partial charge in [0.25, 0.3) is 0 Å². The summed E-state index contributed by atoms with van der Waals surface area (Å²) in [6, 6.07) is 46.9. The molecule has 5 nitrogen and oxygen atoms in total. The van der Waals surface area contributed by atoms with E-state index in [1.54, 1.807) is 6.20 Å². The molecule has 0 amide bonds. The molecule has 236 valence electrons. The van der Waals surface area contributed by atoms with Gasteiger partial charge in [0, 0.05) is 39.3 Å². The van der Waals surface area contributed by atoms with E-state index in [9.17, 15) is 0 Å². The van der Waals surface area contributed by atoms with E-state index in [-0.39, 0.29) is 10.8 Å². The van der Waals surface area contributed by atoms with Gasteiger partial charge in [0.1, 0.15) is 5.69 Å². The Kier molecular flexibility index (Phi) is 6.44. The Hall–Kier alpha value is -5.94. The van der Waals surface area contributed by atoms with Gasteiger partial charge in [0.2, 0.25) is 0 Å². The minimum atomic E-state index is -0.0868. The van der Waals surface area contributed by atoms with Gasteiger partial charge in [0.05, 0.1) is 11.0 Å². The fraction of sp³-hybridized carbons (Fsp3) is 0.136. The highest BCUT2D eigenvalue weighted by Crippen LogP contribution is 2.56. The van der Waals surface area contributed by atoms with Crippen LogP contribution in [0.4, 0.5) is 0 Å². The van der Waals surface area contributed by atoms with E-state index in [0.29, 0.717) is 23.2 Å². The molecule has 0 spiro atoms. The number of nitrogens with zero attached hydrogens (tertiary/aromatic N) is 5. The molecular weight excluding hydrogens is 599 g/mol. The first-order valence-electron chi connectivity index (χ1n) is 16.8. The molecule has 0 bridgehead atoms. The van der Waals surface area contributed by atoms with Crippen molar-refractivity contribution in [1.82, 2.24) is 24.5 Å². The number of hydrogen-bond acceptors (Lipinski definition) is 4. The standard InChI is InChI=1S/C44H35N5/c1-43(2)34-18-10-8-17-33(34)38-35(44(43,3)4)26-25-32-31-16-9-11-20-37(31)49(39(32)38)30-23-21-29(22-24-30)41-46-40(28-14-6-5-7-15-28)47-42(48-41)36-19-12-13-27-45-36/h5-27H,1-4H3. The van der Waals surface area contributed by atoms with E-state index in [0.717, 1.165) is 16.8 Å². The van der Waals surface area contributed by atoms with Crippen LogP contribution < -0.4 is 0 Å². The molecule has 8 aromatic rings. The van der Waals surface area contributed by atoms with Gasteiger partial charge in [-0.05, 0) is 70.0 Å². The summed E-state index contributed by atoms with van der Waals surface area (Å²) in [5.74, 6) is 1.78. The summed E-state index contributed by atoms with van der Waals surface area (Å²) in [5.41, 5.74) is 11.3. The molecule has 0 radical (unpaired) electrons. The Labute approximate surface area is 286 Å². The molecule has 0 N–H and O–H groups in total.